The van der Waals surface area contributed by atoms with Crippen molar-refractivity contribution in [2.45, 2.75) is 95.9 Å². The molecule has 2 aliphatic rings. The van der Waals surface area contributed by atoms with Crippen LogP contribution in [-0.2, 0) is 19.6 Å². The number of carbonyl (C=O) groups excluding carboxylic acids is 1. The van der Waals surface area contributed by atoms with E-state index in [1.165, 1.54) is 0 Å². The second kappa shape index (κ2) is 11.4. The topological polar surface area (TPSA) is 163 Å². The molecular weight excluding hydrogens is 494 g/mol. The molecule has 206 valence electrons. The van der Waals surface area contributed by atoms with Gasteiger partial charge >= 0.3 is 0 Å². The fourth-order valence-electron chi connectivity index (χ4n) is 4.88. The molecule has 2 aliphatic heterocycles. The van der Waals surface area contributed by atoms with Gasteiger partial charge in [0.1, 0.15) is 17.6 Å². The fourth-order valence-corrected chi connectivity index (χ4v) is 6.36. The number of nitrogens with two attached hydrogens (primary N) is 3. The number of hydrogen-bond acceptors (Lipinski definition) is 6. The highest BCUT2D eigenvalue weighted by Gasteiger charge is 2.34. The average Bonchev–Trinajstić information content (AvgIpc) is 2.79. The highest BCUT2D eigenvalue weighted by atomic mass is 32.2. The number of piperidine rings is 1. The third-order valence-corrected chi connectivity index (χ3v) is 8.54. The summed E-state index contributed by atoms with van der Waals surface area (Å²) in [4.78, 5) is 12.7. The lowest BCUT2D eigenvalue weighted by atomic mass is 9.94. The van der Waals surface area contributed by atoms with Crippen molar-refractivity contribution < 1.29 is 22.7 Å². The highest BCUT2D eigenvalue weighted by Crippen LogP contribution is 2.41. The summed E-state index contributed by atoms with van der Waals surface area (Å²) in [7, 11) is -4.14. The Labute approximate surface area is 220 Å². The molecular formula is C26H41N5O5S. The van der Waals surface area contributed by atoms with Crippen molar-refractivity contribution in [2.24, 2.45) is 21.6 Å². The number of fused-ring (bicyclic) bond motifs is 1. The van der Waals surface area contributed by atoms with Gasteiger partial charge in [-0.25, -0.2) is 0 Å². The van der Waals surface area contributed by atoms with Crippen LogP contribution in [0.15, 0.2) is 15.4 Å². The van der Waals surface area contributed by atoms with Crippen LogP contribution in [-0.4, -0.2) is 56.2 Å². The van der Waals surface area contributed by atoms with Gasteiger partial charge in [-0.3, -0.25) is 4.79 Å². The minimum absolute atomic E-state index is 0.132. The maximum absolute atomic E-state index is 13.6. The van der Waals surface area contributed by atoms with Crippen LogP contribution in [0.25, 0.3) is 6.08 Å². The van der Waals surface area contributed by atoms with Crippen molar-refractivity contribution in [3.63, 3.8) is 0 Å². The number of hydrogen-bond donors (Lipinski definition) is 3. The number of ether oxygens (including phenoxy) is 2. The Morgan fingerprint density at radius 2 is 1.86 bits per heavy atom. The number of nitrogens with zero attached hydrogens (tertiary/aromatic N) is 2. The van der Waals surface area contributed by atoms with Crippen molar-refractivity contribution in [3.05, 3.63) is 28.3 Å². The monoisotopic (exact) mass is 535 g/mol. The lowest BCUT2D eigenvalue weighted by molar-refractivity contribution is -0.118. The van der Waals surface area contributed by atoms with Crippen molar-refractivity contribution in [2.75, 3.05) is 13.2 Å². The standard InChI is InChI=1S/C26H41N5O5S/c1-16-17(2)23(18(3)19-12-13-26(4,5)36-22(16)19)37(33,34)30-25(29)31-14-9-10-20(27)24(31)35-15-8-6-7-11-21(28)32/h12-13,20,24H,6-11,14-15,27H2,1-5H3,(H2,28,32)(H2,29,30)/t20-,24?/m0/s1. The van der Waals surface area contributed by atoms with Crippen LogP contribution in [0.1, 0.15) is 74.6 Å². The summed E-state index contributed by atoms with van der Waals surface area (Å²) in [5.41, 5.74) is 19.9. The smallest absolute Gasteiger partial charge is 0.286 e. The van der Waals surface area contributed by atoms with Gasteiger partial charge in [0.2, 0.25) is 11.9 Å². The Balaban J connectivity index is 1.85. The SMILES string of the molecule is Cc1c(C)c(S(=O)(=O)/N=C(\N)N2CCC[C@H](N)C2OCCCCCC(N)=O)c(C)c2c1OC(C)(C)C=C2. The first-order chi connectivity index (χ1) is 17.2. The van der Waals surface area contributed by atoms with E-state index in [0.29, 0.717) is 42.9 Å². The molecule has 0 saturated carbocycles. The first-order valence-electron chi connectivity index (χ1n) is 12.8. The first-order valence-corrected chi connectivity index (χ1v) is 14.2. The second-order valence-corrected chi connectivity index (χ2v) is 12.0. The van der Waals surface area contributed by atoms with Crippen LogP contribution >= 0.6 is 0 Å². The van der Waals surface area contributed by atoms with Gasteiger partial charge in [-0.2, -0.15) is 8.42 Å². The zero-order valence-corrected chi connectivity index (χ0v) is 23.4. The lowest BCUT2D eigenvalue weighted by Gasteiger charge is -2.39. The van der Waals surface area contributed by atoms with E-state index in [4.69, 9.17) is 26.7 Å². The molecule has 2 heterocycles. The molecule has 1 aromatic carbocycles. The fraction of sp³-hybridized carbons (Fsp3) is 0.615. The van der Waals surface area contributed by atoms with Gasteiger partial charge in [0.15, 0.2) is 0 Å². The maximum Gasteiger partial charge on any atom is 0.286 e. The minimum atomic E-state index is -4.14. The van der Waals surface area contributed by atoms with Crippen LogP contribution in [0.4, 0.5) is 0 Å². The predicted octanol–water partition coefficient (Wildman–Crippen LogP) is 2.61. The van der Waals surface area contributed by atoms with E-state index in [2.05, 4.69) is 4.40 Å². The summed E-state index contributed by atoms with van der Waals surface area (Å²) < 4.78 is 43.4. The zero-order valence-electron chi connectivity index (χ0n) is 22.5. The molecule has 0 bridgehead atoms. The molecule has 0 radical (unpaired) electrons. The second-order valence-electron chi connectivity index (χ2n) is 10.4. The van der Waals surface area contributed by atoms with Crippen molar-refractivity contribution in [1.29, 1.82) is 0 Å². The van der Waals surface area contributed by atoms with Gasteiger partial charge in [0.05, 0.1) is 4.90 Å². The van der Waals surface area contributed by atoms with Crippen LogP contribution in [0, 0.1) is 20.8 Å². The Morgan fingerprint density at radius 1 is 1.16 bits per heavy atom. The summed E-state index contributed by atoms with van der Waals surface area (Å²) in [5.74, 6) is 0.222. The normalized spacial score (nSPS) is 21.5. The number of amides is 1. The van der Waals surface area contributed by atoms with Crippen LogP contribution in [0.5, 0.6) is 5.75 Å². The van der Waals surface area contributed by atoms with Gasteiger partial charge in [-0.05, 0) is 83.1 Å². The van der Waals surface area contributed by atoms with Crippen LogP contribution < -0.4 is 21.9 Å². The van der Waals surface area contributed by atoms with Gasteiger partial charge < -0.3 is 31.6 Å². The molecule has 10 nitrogen and oxygen atoms in total. The third-order valence-electron chi connectivity index (χ3n) is 6.98. The number of sulfonamides is 1. The highest BCUT2D eigenvalue weighted by molar-refractivity contribution is 7.90. The number of carbonyl (C=O) groups is 1. The molecule has 1 amide bonds. The van der Waals surface area contributed by atoms with E-state index in [1.54, 1.807) is 18.7 Å². The molecule has 0 aromatic heterocycles. The van der Waals surface area contributed by atoms with Gasteiger partial charge in [0, 0.05) is 31.2 Å². The molecule has 3 rings (SSSR count). The summed E-state index contributed by atoms with van der Waals surface area (Å²) in [6.45, 7) is 10.2. The summed E-state index contributed by atoms with van der Waals surface area (Å²) in [6, 6.07) is -0.337. The van der Waals surface area contributed by atoms with Crippen molar-refractivity contribution >= 4 is 28.0 Å². The van der Waals surface area contributed by atoms with Crippen molar-refractivity contribution in [3.8, 4) is 5.75 Å². The summed E-state index contributed by atoms with van der Waals surface area (Å²) in [5, 5.41) is 0. The van der Waals surface area contributed by atoms with E-state index in [9.17, 15) is 13.2 Å². The molecule has 0 aliphatic carbocycles. The van der Waals surface area contributed by atoms with Gasteiger partial charge in [-0.15, -0.1) is 4.40 Å². The molecule has 1 fully saturated rings. The largest absolute Gasteiger partial charge is 0.483 e. The van der Waals surface area contributed by atoms with E-state index in [1.807, 2.05) is 32.9 Å². The summed E-state index contributed by atoms with van der Waals surface area (Å²) >= 11 is 0. The quantitative estimate of drug-likeness (QED) is 0.247. The number of guanidine groups is 1. The number of likely N-dealkylation sites (tertiary alicyclic amines) is 1. The molecule has 2 atom stereocenters. The Hall–Kier alpha value is -2.63. The van der Waals surface area contributed by atoms with Crippen LogP contribution in [0.2, 0.25) is 0 Å². The lowest BCUT2D eigenvalue weighted by Crippen LogP contribution is -2.57. The predicted molar refractivity (Wildman–Crippen MR) is 145 cm³/mol. The number of benzene rings is 1. The molecule has 6 N–H and O–H groups in total. The molecule has 37 heavy (non-hydrogen) atoms. The summed E-state index contributed by atoms with van der Waals surface area (Å²) in [6.07, 6.45) is 7.24. The average molecular weight is 536 g/mol. The number of unbranched alkanes of at least 4 members (excludes halogenated alkanes) is 2. The Kier molecular flexibility index (Phi) is 8.92. The molecule has 1 aromatic rings. The first kappa shape index (κ1) is 28.9. The number of primary amides is 1. The van der Waals surface area contributed by atoms with E-state index in [-0.39, 0.29) is 22.8 Å². The minimum Gasteiger partial charge on any atom is -0.483 e. The van der Waals surface area contributed by atoms with Crippen molar-refractivity contribution in [1.82, 2.24) is 4.90 Å². The Morgan fingerprint density at radius 3 is 2.54 bits per heavy atom. The molecule has 0 spiro atoms. The maximum atomic E-state index is 13.6. The molecule has 11 heteroatoms. The molecule has 1 unspecified atom stereocenters. The van der Waals surface area contributed by atoms with E-state index in [0.717, 1.165) is 36.8 Å². The third kappa shape index (κ3) is 6.63. The van der Waals surface area contributed by atoms with E-state index >= 15 is 0 Å². The Bertz CT molecular complexity index is 1190. The van der Waals surface area contributed by atoms with E-state index < -0.39 is 21.9 Å². The van der Waals surface area contributed by atoms with Gasteiger partial charge in [-0.1, -0.05) is 12.5 Å². The van der Waals surface area contributed by atoms with Gasteiger partial charge in [0.25, 0.3) is 10.0 Å². The number of rotatable bonds is 9. The zero-order chi connectivity index (χ0) is 27.5. The molecule has 1 saturated heterocycles. The van der Waals surface area contributed by atoms with Crippen LogP contribution in [0.3, 0.4) is 0 Å².